The number of hydrogen-bond donors (Lipinski definition) is 1. The maximum atomic E-state index is 5.62. The molecule has 1 aliphatic heterocycles. The SMILES string of the molecule is CC(C)N1CCC[C@@H](c2ccnc(N)n2)C1. The first-order valence-corrected chi connectivity index (χ1v) is 5.99. The minimum Gasteiger partial charge on any atom is -0.368 e. The van der Waals surface area contributed by atoms with Crippen LogP contribution in [0.5, 0.6) is 0 Å². The van der Waals surface area contributed by atoms with Gasteiger partial charge in [-0.05, 0) is 39.3 Å². The van der Waals surface area contributed by atoms with Gasteiger partial charge in [0.05, 0.1) is 5.69 Å². The molecule has 0 radical (unpaired) electrons. The topological polar surface area (TPSA) is 55.0 Å². The molecule has 0 saturated carbocycles. The molecule has 0 unspecified atom stereocenters. The highest BCUT2D eigenvalue weighted by atomic mass is 15.2. The lowest BCUT2D eigenvalue weighted by molar-refractivity contribution is 0.166. The normalized spacial score (nSPS) is 22.6. The van der Waals surface area contributed by atoms with Crippen LogP contribution in [0.25, 0.3) is 0 Å². The van der Waals surface area contributed by atoms with Gasteiger partial charge in [0, 0.05) is 24.7 Å². The molecule has 1 fully saturated rings. The van der Waals surface area contributed by atoms with Crippen LogP contribution in [0.4, 0.5) is 5.95 Å². The second kappa shape index (κ2) is 4.78. The Morgan fingerprint density at radius 3 is 3.00 bits per heavy atom. The monoisotopic (exact) mass is 220 g/mol. The van der Waals surface area contributed by atoms with Gasteiger partial charge in [-0.1, -0.05) is 0 Å². The lowest BCUT2D eigenvalue weighted by Gasteiger charge is -2.35. The van der Waals surface area contributed by atoms with Gasteiger partial charge in [0.1, 0.15) is 0 Å². The third-order valence-corrected chi connectivity index (χ3v) is 3.30. The van der Waals surface area contributed by atoms with E-state index >= 15 is 0 Å². The minimum absolute atomic E-state index is 0.388. The Morgan fingerprint density at radius 2 is 2.31 bits per heavy atom. The zero-order chi connectivity index (χ0) is 11.5. The Balaban J connectivity index is 2.09. The molecule has 0 bridgehead atoms. The number of aromatic nitrogens is 2. The van der Waals surface area contributed by atoms with Crippen molar-refractivity contribution in [1.82, 2.24) is 14.9 Å². The molecule has 88 valence electrons. The summed E-state index contributed by atoms with van der Waals surface area (Å²) in [6.07, 6.45) is 4.21. The largest absolute Gasteiger partial charge is 0.368 e. The molecule has 1 aromatic rings. The molecule has 4 heteroatoms. The fraction of sp³-hybridized carbons (Fsp3) is 0.667. The molecule has 1 saturated heterocycles. The molecule has 0 aliphatic carbocycles. The Kier molecular flexibility index (Phi) is 3.39. The molecule has 2 N–H and O–H groups in total. The number of rotatable bonds is 2. The van der Waals surface area contributed by atoms with Crippen LogP contribution < -0.4 is 5.73 Å². The Morgan fingerprint density at radius 1 is 1.50 bits per heavy atom. The first-order chi connectivity index (χ1) is 7.66. The highest BCUT2D eigenvalue weighted by Crippen LogP contribution is 2.26. The van der Waals surface area contributed by atoms with Gasteiger partial charge >= 0.3 is 0 Å². The number of nitrogens with two attached hydrogens (primary N) is 1. The van der Waals surface area contributed by atoms with E-state index in [1.54, 1.807) is 6.20 Å². The van der Waals surface area contributed by atoms with Crippen molar-refractivity contribution in [2.75, 3.05) is 18.8 Å². The summed E-state index contributed by atoms with van der Waals surface area (Å²) in [6.45, 7) is 6.79. The van der Waals surface area contributed by atoms with Crippen LogP contribution in [-0.2, 0) is 0 Å². The van der Waals surface area contributed by atoms with Crippen molar-refractivity contribution in [1.29, 1.82) is 0 Å². The standard InChI is InChI=1S/C12H20N4/c1-9(2)16-7-3-4-10(8-16)11-5-6-14-12(13)15-11/h5-6,9-10H,3-4,7-8H2,1-2H3,(H2,13,14,15)/t10-/m1/s1. The van der Waals surface area contributed by atoms with Crippen molar-refractivity contribution in [3.05, 3.63) is 18.0 Å². The van der Waals surface area contributed by atoms with Crippen LogP contribution in [0.1, 0.15) is 38.3 Å². The van der Waals surface area contributed by atoms with Crippen molar-refractivity contribution in [2.45, 2.75) is 38.6 Å². The van der Waals surface area contributed by atoms with Crippen molar-refractivity contribution in [2.24, 2.45) is 0 Å². The van der Waals surface area contributed by atoms with E-state index in [0.29, 0.717) is 17.9 Å². The van der Waals surface area contributed by atoms with E-state index in [1.165, 1.54) is 19.4 Å². The van der Waals surface area contributed by atoms with E-state index in [9.17, 15) is 0 Å². The van der Waals surface area contributed by atoms with E-state index in [4.69, 9.17) is 5.73 Å². The van der Waals surface area contributed by atoms with Gasteiger partial charge in [-0.15, -0.1) is 0 Å². The van der Waals surface area contributed by atoms with Crippen molar-refractivity contribution < 1.29 is 0 Å². The van der Waals surface area contributed by atoms with E-state index in [-0.39, 0.29) is 0 Å². The Bertz CT molecular complexity index is 351. The summed E-state index contributed by atoms with van der Waals surface area (Å²) in [7, 11) is 0. The molecule has 0 aromatic carbocycles. The number of nitrogens with zero attached hydrogens (tertiary/aromatic N) is 3. The van der Waals surface area contributed by atoms with Gasteiger partial charge in [-0.2, -0.15) is 0 Å². The fourth-order valence-corrected chi connectivity index (χ4v) is 2.33. The van der Waals surface area contributed by atoms with E-state index in [0.717, 1.165) is 12.2 Å². The highest BCUT2D eigenvalue weighted by molar-refractivity contribution is 5.20. The summed E-state index contributed by atoms with van der Waals surface area (Å²) in [5.41, 5.74) is 6.72. The molecule has 2 heterocycles. The molecule has 16 heavy (non-hydrogen) atoms. The average molecular weight is 220 g/mol. The molecule has 1 atom stereocenters. The van der Waals surface area contributed by atoms with Gasteiger partial charge in [0.15, 0.2) is 0 Å². The maximum absolute atomic E-state index is 5.62. The smallest absolute Gasteiger partial charge is 0.220 e. The molecule has 2 rings (SSSR count). The van der Waals surface area contributed by atoms with Crippen LogP contribution in [-0.4, -0.2) is 34.0 Å². The van der Waals surface area contributed by atoms with Crippen molar-refractivity contribution in [3.63, 3.8) is 0 Å². The summed E-state index contributed by atoms with van der Waals surface area (Å²) in [5.74, 6) is 0.903. The third-order valence-electron chi connectivity index (χ3n) is 3.30. The fourth-order valence-electron chi connectivity index (χ4n) is 2.33. The van der Waals surface area contributed by atoms with E-state index < -0.39 is 0 Å². The van der Waals surface area contributed by atoms with Gasteiger partial charge in [0.2, 0.25) is 5.95 Å². The Labute approximate surface area is 96.9 Å². The predicted molar refractivity (Wildman–Crippen MR) is 65.1 cm³/mol. The first kappa shape index (κ1) is 11.3. The maximum Gasteiger partial charge on any atom is 0.220 e. The zero-order valence-corrected chi connectivity index (χ0v) is 10.1. The number of anilines is 1. The summed E-state index contributed by atoms with van der Waals surface area (Å²) in [6, 6.07) is 2.60. The first-order valence-electron chi connectivity index (χ1n) is 5.99. The van der Waals surface area contributed by atoms with Gasteiger partial charge in [-0.25, -0.2) is 9.97 Å². The van der Waals surface area contributed by atoms with Crippen LogP contribution >= 0.6 is 0 Å². The average Bonchev–Trinajstić information content (AvgIpc) is 2.29. The number of likely N-dealkylation sites (tertiary alicyclic amines) is 1. The molecular weight excluding hydrogens is 200 g/mol. The molecule has 1 aliphatic rings. The Hall–Kier alpha value is -1.16. The summed E-state index contributed by atoms with van der Waals surface area (Å²) < 4.78 is 0. The van der Waals surface area contributed by atoms with Crippen LogP contribution in [0.15, 0.2) is 12.3 Å². The van der Waals surface area contributed by atoms with Crippen LogP contribution in [0, 0.1) is 0 Å². The highest BCUT2D eigenvalue weighted by Gasteiger charge is 2.23. The molecule has 1 aromatic heterocycles. The second-order valence-corrected chi connectivity index (χ2v) is 4.77. The number of hydrogen-bond acceptors (Lipinski definition) is 4. The van der Waals surface area contributed by atoms with E-state index in [1.807, 2.05) is 6.07 Å². The quantitative estimate of drug-likeness (QED) is 0.823. The van der Waals surface area contributed by atoms with Crippen LogP contribution in [0.3, 0.4) is 0 Å². The van der Waals surface area contributed by atoms with E-state index in [2.05, 4.69) is 28.7 Å². The predicted octanol–water partition coefficient (Wildman–Crippen LogP) is 1.65. The summed E-state index contributed by atoms with van der Waals surface area (Å²) in [5, 5.41) is 0. The second-order valence-electron chi connectivity index (χ2n) is 4.77. The van der Waals surface area contributed by atoms with Gasteiger partial charge in [0.25, 0.3) is 0 Å². The molecule has 0 amide bonds. The summed E-state index contributed by atoms with van der Waals surface area (Å²) >= 11 is 0. The number of piperidine rings is 1. The third kappa shape index (κ3) is 2.50. The zero-order valence-electron chi connectivity index (χ0n) is 10.1. The number of nitrogen functional groups attached to an aromatic ring is 1. The van der Waals surface area contributed by atoms with Crippen molar-refractivity contribution >= 4 is 5.95 Å². The van der Waals surface area contributed by atoms with Gasteiger partial charge in [-0.3, -0.25) is 0 Å². The lowest BCUT2D eigenvalue weighted by Crippen LogP contribution is -2.39. The molecule has 4 nitrogen and oxygen atoms in total. The van der Waals surface area contributed by atoms with Crippen LogP contribution in [0.2, 0.25) is 0 Å². The molecular formula is C12H20N4. The van der Waals surface area contributed by atoms with Crippen molar-refractivity contribution in [3.8, 4) is 0 Å². The minimum atomic E-state index is 0.388. The lowest BCUT2D eigenvalue weighted by atomic mass is 9.94. The molecule has 0 spiro atoms. The van der Waals surface area contributed by atoms with Gasteiger partial charge < -0.3 is 10.6 Å². The summed E-state index contributed by atoms with van der Waals surface area (Å²) in [4.78, 5) is 10.8.